The minimum absolute atomic E-state index is 0.205. The van der Waals surface area contributed by atoms with Crippen LogP contribution in [0.1, 0.15) is 49.4 Å². The van der Waals surface area contributed by atoms with Crippen molar-refractivity contribution < 1.29 is 9.53 Å². The highest BCUT2D eigenvalue weighted by molar-refractivity contribution is 5.79. The largest absolute Gasteiger partial charge is 0.426 e. The molecule has 37 heavy (non-hydrogen) atoms. The van der Waals surface area contributed by atoms with Gasteiger partial charge in [-0.3, -0.25) is 4.79 Å². The van der Waals surface area contributed by atoms with Crippen LogP contribution < -0.4 is 9.64 Å². The van der Waals surface area contributed by atoms with Gasteiger partial charge in [-0.2, -0.15) is 0 Å². The fourth-order valence-electron chi connectivity index (χ4n) is 3.80. The van der Waals surface area contributed by atoms with Crippen molar-refractivity contribution >= 4 is 35.2 Å². The Morgan fingerprint density at radius 3 is 1.46 bits per heavy atom. The first-order valence-corrected chi connectivity index (χ1v) is 12.8. The van der Waals surface area contributed by atoms with Crippen LogP contribution in [-0.4, -0.2) is 5.97 Å². The summed E-state index contributed by atoms with van der Waals surface area (Å²) < 4.78 is 5.54. The van der Waals surface area contributed by atoms with Crippen LogP contribution in [0.5, 0.6) is 5.75 Å². The van der Waals surface area contributed by atoms with Gasteiger partial charge in [-0.05, 0) is 93.8 Å². The van der Waals surface area contributed by atoms with Crippen molar-refractivity contribution in [1.82, 2.24) is 0 Å². The fourth-order valence-corrected chi connectivity index (χ4v) is 3.80. The van der Waals surface area contributed by atoms with Crippen molar-refractivity contribution in [2.45, 2.75) is 41.0 Å². The van der Waals surface area contributed by atoms with Gasteiger partial charge in [0.25, 0.3) is 0 Å². The van der Waals surface area contributed by atoms with Gasteiger partial charge >= 0.3 is 5.97 Å². The van der Waals surface area contributed by atoms with Crippen molar-refractivity contribution in [3.63, 3.8) is 0 Å². The van der Waals surface area contributed by atoms with Crippen LogP contribution in [0.25, 0.3) is 12.2 Å². The average molecular weight is 490 g/mol. The molecule has 0 spiro atoms. The molecule has 0 amide bonds. The highest BCUT2D eigenvalue weighted by Crippen LogP contribution is 2.35. The van der Waals surface area contributed by atoms with Gasteiger partial charge in [-0.25, -0.2) is 0 Å². The Morgan fingerprint density at radius 2 is 1.05 bits per heavy atom. The molecule has 0 fully saturated rings. The number of hydrogen-bond acceptors (Lipinski definition) is 3. The minimum Gasteiger partial charge on any atom is -0.426 e. The molecule has 0 heterocycles. The van der Waals surface area contributed by atoms with Crippen molar-refractivity contribution in [2.24, 2.45) is 5.41 Å². The van der Waals surface area contributed by atoms with Gasteiger partial charge in [0.15, 0.2) is 0 Å². The van der Waals surface area contributed by atoms with E-state index in [4.69, 9.17) is 4.74 Å². The lowest BCUT2D eigenvalue weighted by Crippen LogP contribution is -2.28. The molecule has 3 heteroatoms. The van der Waals surface area contributed by atoms with Crippen molar-refractivity contribution in [3.8, 4) is 5.75 Å². The van der Waals surface area contributed by atoms with Gasteiger partial charge in [0.2, 0.25) is 0 Å². The van der Waals surface area contributed by atoms with E-state index >= 15 is 0 Å². The van der Waals surface area contributed by atoms with E-state index in [1.54, 1.807) is 0 Å². The van der Waals surface area contributed by atoms with E-state index in [2.05, 4.69) is 104 Å². The van der Waals surface area contributed by atoms with E-state index in [1.165, 1.54) is 11.1 Å². The number of nitrogens with zero attached hydrogens (tertiary/aromatic N) is 1. The number of anilines is 3. The monoisotopic (exact) mass is 489 g/mol. The van der Waals surface area contributed by atoms with Crippen LogP contribution >= 0.6 is 0 Å². The second-order valence-corrected chi connectivity index (χ2v) is 10.1. The number of benzene rings is 4. The molecule has 188 valence electrons. The van der Waals surface area contributed by atoms with Gasteiger partial charge < -0.3 is 9.64 Å². The highest BCUT2D eigenvalue weighted by atomic mass is 16.5. The molecule has 4 aromatic carbocycles. The highest BCUT2D eigenvalue weighted by Gasteiger charge is 2.27. The predicted octanol–water partition coefficient (Wildman–Crippen LogP) is 9.29. The molecule has 0 atom stereocenters. The zero-order chi connectivity index (χ0) is 26.4. The van der Waals surface area contributed by atoms with Crippen molar-refractivity contribution in [3.05, 3.63) is 119 Å². The summed E-state index contributed by atoms with van der Waals surface area (Å²) in [4.78, 5) is 14.6. The molecular formula is C34H35NO2. The molecule has 0 aliphatic rings. The summed E-state index contributed by atoms with van der Waals surface area (Å²) >= 11 is 0. The molecule has 3 nitrogen and oxygen atoms in total. The molecule has 4 rings (SSSR count). The topological polar surface area (TPSA) is 29.5 Å². The maximum absolute atomic E-state index is 12.3. The molecule has 0 unspecified atom stereocenters. The van der Waals surface area contributed by atoms with Gasteiger partial charge in [-0.1, -0.05) is 78.7 Å². The second-order valence-electron chi connectivity index (χ2n) is 10.1. The molecule has 0 aliphatic heterocycles. The molecule has 0 saturated heterocycles. The van der Waals surface area contributed by atoms with E-state index < -0.39 is 5.41 Å². The maximum atomic E-state index is 12.3. The van der Waals surface area contributed by atoms with Crippen molar-refractivity contribution in [2.75, 3.05) is 4.90 Å². The fraction of sp³-hybridized carbons (Fsp3) is 0.206. The van der Waals surface area contributed by atoms with E-state index in [1.807, 2.05) is 45.0 Å². The Kier molecular flexibility index (Phi) is 7.93. The smallest absolute Gasteiger partial charge is 0.316 e. The summed E-state index contributed by atoms with van der Waals surface area (Å²) in [6, 6.07) is 33.4. The van der Waals surface area contributed by atoms with Gasteiger partial charge in [-0.15, -0.1) is 0 Å². The average Bonchev–Trinajstić information content (AvgIpc) is 2.91. The first-order valence-electron chi connectivity index (χ1n) is 12.8. The molecule has 0 aliphatic carbocycles. The summed E-state index contributed by atoms with van der Waals surface area (Å²) in [6.45, 7) is 10.0. The molecule has 0 saturated carbocycles. The summed E-state index contributed by atoms with van der Waals surface area (Å²) in [5, 5.41) is 0. The minimum atomic E-state index is -0.487. The lowest BCUT2D eigenvalue weighted by molar-refractivity contribution is -0.144. The van der Waals surface area contributed by atoms with E-state index in [0.29, 0.717) is 5.75 Å². The van der Waals surface area contributed by atoms with Crippen LogP contribution in [0.15, 0.2) is 97.1 Å². The lowest BCUT2D eigenvalue weighted by atomic mass is 9.91. The lowest BCUT2D eigenvalue weighted by Gasteiger charge is -2.25. The zero-order valence-electron chi connectivity index (χ0n) is 22.4. The number of hydrogen-bond donors (Lipinski definition) is 0. The normalized spacial score (nSPS) is 11.5. The molecule has 0 bridgehead atoms. The quantitative estimate of drug-likeness (QED) is 0.140. The van der Waals surface area contributed by atoms with E-state index in [-0.39, 0.29) is 5.97 Å². The number of esters is 1. The van der Waals surface area contributed by atoms with Crippen LogP contribution in [0.4, 0.5) is 17.1 Å². The van der Waals surface area contributed by atoms with Crippen LogP contribution in [-0.2, 0) is 4.79 Å². The number of carbonyl (C=O) groups is 1. The number of rotatable bonds is 8. The van der Waals surface area contributed by atoms with Crippen LogP contribution in [0.3, 0.4) is 0 Å². The SMILES string of the molecule is CCC(C)(C)C(=O)Oc1ccc(C=Cc2ccc(N(c3ccc(C)cc3)c3ccc(C)cc3)cc2)cc1. The van der Waals surface area contributed by atoms with Crippen LogP contribution in [0.2, 0.25) is 0 Å². The Hall–Kier alpha value is -4.11. The predicted molar refractivity (Wildman–Crippen MR) is 156 cm³/mol. The van der Waals surface area contributed by atoms with Gasteiger partial charge in [0.1, 0.15) is 5.75 Å². The zero-order valence-corrected chi connectivity index (χ0v) is 22.4. The molecular weight excluding hydrogens is 454 g/mol. The van der Waals surface area contributed by atoms with Gasteiger partial charge in [0, 0.05) is 17.1 Å². The second kappa shape index (κ2) is 11.3. The Bertz CT molecular complexity index is 1300. The third-order valence-electron chi connectivity index (χ3n) is 6.73. The number of carbonyl (C=O) groups excluding carboxylic acids is 1. The molecule has 0 aromatic heterocycles. The third-order valence-corrected chi connectivity index (χ3v) is 6.73. The number of aryl methyl sites for hydroxylation is 2. The first-order chi connectivity index (χ1) is 17.7. The first kappa shape index (κ1) is 26.0. The Morgan fingerprint density at radius 1 is 0.676 bits per heavy atom. The molecule has 0 radical (unpaired) electrons. The summed E-state index contributed by atoms with van der Waals surface area (Å²) in [6.07, 6.45) is 4.89. The molecule has 4 aromatic rings. The van der Waals surface area contributed by atoms with E-state index in [9.17, 15) is 4.79 Å². The third kappa shape index (κ3) is 6.56. The standard InChI is InChI=1S/C34H35NO2/c1-6-34(4,5)33(36)37-32-23-15-28(16-24-32)12-11-27-13-21-31(22-14-27)35(29-17-7-25(2)8-18-29)30-19-9-26(3)10-20-30/h7-24H,6H2,1-5H3. The maximum Gasteiger partial charge on any atom is 0.316 e. The van der Waals surface area contributed by atoms with Gasteiger partial charge in [0.05, 0.1) is 5.41 Å². The number of ether oxygens (including phenoxy) is 1. The van der Waals surface area contributed by atoms with Crippen LogP contribution in [0, 0.1) is 19.3 Å². The summed E-state index contributed by atoms with van der Waals surface area (Å²) in [7, 11) is 0. The van der Waals surface area contributed by atoms with E-state index in [0.717, 1.165) is 34.6 Å². The van der Waals surface area contributed by atoms with Crippen molar-refractivity contribution in [1.29, 1.82) is 0 Å². The Labute approximate surface area is 221 Å². The molecule has 0 N–H and O–H groups in total. The summed E-state index contributed by atoms with van der Waals surface area (Å²) in [5.74, 6) is 0.365. The summed E-state index contributed by atoms with van der Waals surface area (Å²) in [5.41, 5.74) is 7.50. The Balaban J connectivity index is 1.50.